The normalized spacial score (nSPS) is 16.2. The van der Waals surface area contributed by atoms with Crippen molar-refractivity contribution in [3.63, 3.8) is 0 Å². The van der Waals surface area contributed by atoms with Crippen molar-refractivity contribution in [3.05, 3.63) is 106 Å². The summed E-state index contributed by atoms with van der Waals surface area (Å²) in [4.78, 5) is 15.8. The van der Waals surface area contributed by atoms with Crippen molar-refractivity contribution in [2.75, 3.05) is 30.4 Å². The summed E-state index contributed by atoms with van der Waals surface area (Å²) in [5, 5.41) is 3.94. The first-order chi connectivity index (χ1) is 20.5. The van der Waals surface area contributed by atoms with Gasteiger partial charge in [-0.3, -0.25) is 0 Å². The number of unbranched alkanes of at least 4 members (excludes halogenated alkanes) is 2. The Morgan fingerprint density at radius 2 is 1.64 bits per heavy atom. The van der Waals surface area contributed by atoms with E-state index in [-0.39, 0.29) is 5.97 Å². The van der Waals surface area contributed by atoms with Crippen LogP contribution in [0.4, 0.5) is 17.1 Å². The molecule has 0 aliphatic carbocycles. The third kappa shape index (κ3) is 4.84. The van der Waals surface area contributed by atoms with E-state index in [1.165, 1.54) is 0 Å². The molecule has 4 aromatic carbocycles. The summed E-state index contributed by atoms with van der Waals surface area (Å²) >= 11 is 6.54. The molecule has 2 aliphatic heterocycles. The van der Waals surface area contributed by atoms with Gasteiger partial charge in [-0.25, -0.2) is 4.79 Å². The molecule has 6 nitrogen and oxygen atoms in total. The number of ether oxygens (including phenoxy) is 3. The number of carbonyl (C=O) groups is 1. The maximum absolute atomic E-state index is 13.3. The van der Waals surface area contributed by atoms with Gasteiger partial charge in [0.15, 0.2) is 5.60 Å². The van der Waals surface area contributed by atoms with E-state index in [0.717, 1.165) is 72.5 Å². The monoisotopic (exact) mass is 582 g/mol. The lowest BCUT2D eigenvalue weighted by molar-refractivity contribution is 0.0224. The van der Waals surface area contributed by atoms with Crippen LogP contribution in [-0.2, 0) is 10.3 Å². The first-order valence-corrected chi connectivity index (χ1v) is 15.0. The van der Waals surface area contributed by atoms with Crippen LogP contribution in [0.15, 0.2) is 78.9 Å². The van der Waals surface area contributed by atoms with Gasteiger partial charge in [-0.2, -0.15) is 0 Å². The SMILES string of the molecule is CCCCN(CCCC)c1ccc2c(c1)Oc1ccc(Nc3ccc(OC)cc3Cl)cc1C21OC(=O)c2ccccc21. The summed E-state index contributed by atoms with van der Waals surface area (Å²) in [5.41, 5.74) is 4.41. The van der Waals surface area contributed by atoms with E-state index in [1.807, 2.05) is 54.6 Å². The van der Waals surface area contributed by atoms with E-state index in [2.05, 4.69) is 42.3 Å². The van der Waals surface area contributed by atoms with Gasteiger partial charge >= 0.3 is 5.97 Å². The highest BCUT2D eigenvalue weighted by Crippen LogP contribution is 2.57. The summed E-state index contributed by atoms with van der Waals surface area (Å²) in [6, 6.07) is 25.3. The van der Waals surface area contributed by atoms with Gasteiger partial charge in [-0.15, -0.1) is 0 Å². The number of hydrogen-bond acceptors (Lipinski definition) is 6. The van der Waals surface area contributed by atoms with Crippen molar-refractivity contribution in [3.8, 4) is 17.2 Å². The predicted octanol–water partition coefficient (Wildman–Crippen LogP) is 9.07. The maximum Gasteiger partial charge on any atom is 0.340 e. The molecule has 1 atom stereocenters. The highest BCUT2D eigenvalue weighted by atomic mass is 35.5. The number of nitrogens with zero attached hydrogens (tertiary/aromatic N) is 1. The minimum atomic E-state index is -1.14. The lowest BCUT2D eigenvalue weighted by Gasteiger charge is -2.37. The fourth-order valence-electron chi connectivity index (χ4n) is 5.88. The van der Waals surface area contributed by atoms with E-state index in [0.29, 0.717) is 27.8 Å². The van der Waals surface area contributed by atoms with Gasteiger partial charge in [-0.05, 0) is 61.4 Å². The molecule has 42 heavy (non-hydrogen) atoms. The fraction of sp³-hybridized carbons (Fsp3) is 0.286. The zero-order chi connectivity index (χ0) is 29.3. The molecule has 1 unspecified atom stereocenters. The molecule has 4 aromatic rings. The van der Waals surface area contributed by atoms with Gasteiger partial charge in [0, 0.05) is 53.3 Å². The Bertz CT molecular complexity index is 1630. The van der Waals surface area contributed by atoms with Crippen LogP contribution in [0.3, 0.4) is 0 Å². The molecule has 1 N–H and O–H groups in total. The average Bonchev–Trinajstić information content (AvgIpc) is 3.31. The largest absolute Gasteiger partial charge is 0.497 e. The number of fused-ring (bicyclic) bond motifs is 6. The fourth-order valence-corrected chi connectivity index (χ4v) is 6.10. The van der Waals surface area contributed by atoms with Gasteiger partial charge in [0.1, 0.15) is 17.2 Å². The van der Waals surface area contributed by atoms with E-state index in [1.54, 1.807) is 13.2 Å². The van der Waals surface area contributed by atoms with Gasteiger partial charge in [-0.1, -0.05) is 56.5 Å². The number of esters is 1. The van der Waals surface area contributed by atoms with Crippen LogP contribution in [-0.4, -0.2) is 26.2 Å². The summed E-state index contributed by atoms with van der Waals surface area (Å²) in [6.45, 7) is 6.40. The number of anilines is 3. The molecule has 6 rings (SSSR count). The molecule has 216 valence electrons. The van der Waals surface area contributed by atoms with Crippen LogP contribution in [0.2, 0.25) is 5.02 Å². The summed E-state index contributed by atoms with van der Waals surface area (Å²) in [7, 11) is 1.61. The van der Waals surface area contributed by atoms with E-state index in [4.69, 9.17) is 25.8 Å². The quantitative estimate of drug-likeness (QED) is 0.188. The Morgan fingerprint density at radius 3 is 2.38 bits per heavy atom. The van der Waals surface area contributed by atoms with Crippen LogP contribution >= 0.6 is 11.6 Å². The summed E-state index contributed by atoms with van der Waals surface area (Å²) in [5.74, 6) is 1.67. The molecule has 7 heteroatoms. The Hall–Kier alpha value is -4.16. The van der Waals surface area contributed by atoms with Crippen LogP contribution < -0.4 is 19.7 Å². The van der Waals surface area contributed by atoms with E-state index >= 15 is 0 Å². The van der Waals surface area contributed by atoms with Crippen molar-refractivity contribution in [1.29, 1.82) is 0 Å². The Morgan fingerprint density at radius 1 is 0.857 bits per heavy atom. The number of carbonyl (C=O) groups excluding carboxylic acids is 1. The molecule has 0 radical (unpaired) electrons. The topological polar surface area (TPSA) is 60.0 Å². The number of methoxy groups -OCH3 is 1. The highest BCUT2D eigenvalue weighted by molar-refractivity contribution is 6.33. The zero-order valence-corrected chi connectivity index (χ0v) is 25.0. The summed E-state index contributed by atoms with van der Waals surface area (Å²) < 4.78 is 18.3. The van der Waals surface area contributed by atoms with Crippen molar-refractivity contribution >= 4 is 34.6 Å². The second-order valence-corrected chi connectivity index (χ2v) is 11.2. The molecule has 0 saturated heterocycles. The molecule has 2 aliphatic rings. The number of hydrogen-bond donors (Lipinski definition) is 1. The van der Waals surface area contributed by atoms with Crippen LogP contribution in [0.25, 0.3) is 0 Å². The molecule has 0 fully saturated rings. The minimum absolute atomic E-state index is 0.349. The second-order valence-electron chi connectivity index (χ2n) is 10.8. The lowest BCUT2D eigenvalue weighted by atomic mass is 9.77. The van der Waals surface area contributed by atoms with Crippen molar-refractivity contribution in [1.82, 2.24) is 0 Å². The Labute approximate surface area is 252 Å². The Balaban J connectivity index is 1.47. The molecule has 0 bridgehead atoms. The standard InChI is InChI=1S/C35H35ClN2O4/c1-4-6-18-38(19-7-5-2)24-13-15-28-33(21-24)41-32-17-12-23(37-31-16-14-25(40-3)22-30(31)36)20-29(32)35(28)27-11-9-8-10-26(27)34(39)42-35/h8-17,20-22,37H,4-7,18-19H2,1-3H3. The van der Waals surface area contributed by atoms with Crippen molar-refractivity contribution < 1.29 is 19.0 Å². The maximum atomic E-state index is 13.3. The second kappa shape index (κ2) is 11.6. The molecule has 2 heterocycles. The number of nitrogens with one attached hydrogen (secondary N) is 1. The van der Waals surface area contributed by atoms with Crippen LogP contribution in [0, 0.1) is 0 Å². The third-order valence-corrected chi connectivity index (χ3v) is 8.39. The van der Waals surface area contributed by atoms with E-state index in [9.17, 15) is 4.79 Å². The third-order valence-electron chi connectivity index (χ3n) is 8.08. The predicted molar refractivity (Wildman–Crippen MR) is 168 cm³/mol. The van der Waals surface area contributed by atoms with E-state index < -0.39 is 5.60 Å². The number of halogens is 1. The molecule has 0 saturated carbocycles. The molecule has 1 spiro atoms. The minimum Gasteiger partial charge on any atom is -0.497 e. The first-order valence-electron chi connectivity index (χ1n) is 14.6. The average molecular weight is 583 g/mol. The van der Waals surface area contributed by atoms with Gasteiger partial charge in [0.2, 0.25) is 0 Å². The van der Waals surface area contributed by atoms with Crippen molar-refractivity contribution in [2.24, 2.45) is 0 Å². The molecular weight excluding hydrogens is 548 g/mol. The van der Waals surface area contributed by atoms with Gasteiger partial charge < -0.3 is 24.4 Å². The van der Waals surface area contributed by atoms with Crippen LogP contribution in [0.5, 0.6) is 17.2 Å². The lowest BCUT2D eigenvalue weighted by Crippen LogP contribution is -2.33. The molecular formula is C35H35ClN2O4. The van der Waals surface area contributed by atoms with Gasteiger partial charge in [0.25, 0.3) is 0 Å². The Kier molecular flexibility index (Phi) is 7.74. The van der Waals surface area contributed by atoms with Crippen LogP contribution in [0.1, 0.15) is 66.6 Å². The first kappa shape index (κ1) is 28.0. The zero-order valence-electron chi connectivity index (χ0n) is 24.2. The molecule has 0 aromatic heterocycles. The molecule has 0 amide bonds. The van der Waals surface area contributed by atoms with Crippen molar-refractivity contribution in [2.45, 2.75) is 45.1 Å². The van der Waals surface area contributed by atoms with Gasteiger partial charge in [0.05, 0.1) is 23.4 Å². The summed E-state index contributed by atoms with van der Waals surface area (Å²) in [6.07, 6.45) is 4.50. The number of benzene rings is 4. The number of rotatable bonds is 10. The highest BCUT2D eigenvalue weighted by Gasteiger charge is 2.53. The smallest absolute Gasteiger partial charge is 0.340 e.